The molecule has 1 N–H and O–H groups in total. The molecule has 0 saturated heterocycles. The lowest BCUT2D eigenvalue weighted by Crippen LogP contribution is -2.05. The van der Waals surface area contributed by atoms with Crippen molar-refractivity contribution in [1.82, 2.24) is 0 Å². The lowest BCUT2D eigenvalue weighted by molar-refractivity contribution is -0.114. The van der Waals surface area contributed by atoms with Crippen LogP contribution >= 0.6 is 0 Å². The summed E-state index contributed by atoms with van der Waals surface area (Å²) >= 11 is 0. The molecule has 3 nitrogen and oxygen atoms in total. The fourth-order valence-corrected chi connectivity index (χ4v) is 1.33. The second-order valence-corrected chi connectivity index (χ2v) is 3.71. The van der Waals surface area contributed by atoms with E-state index in [1.54, 1.807) is 24.3 Å². The summed E-state index contributed by atoms with van der Waals surface area (Å²) < 4.78 is 10.9. The molecule has 0 radical (unpaired) electrons. The van der Waals surface area contributed by atoms with Crippen LogP contribution in [0.5, 0.6) is 0 Å². The Bertz CT molecular complexity index is 371. The summed E-state index contributed by atoms with van der Waals surface area (Å²) in [6, 6.07) is 6.74. The second-order valence-electron chi connectivity index (χ2n) is 2.55. The van der Waals surface area contributed by atoms with Gasteiger partial charge in [0.15, 0.2) is 0 Å². The van der Waals surface area contributed by atoms with Crippen molar-refractivity contribution in [2.75, 3.05) is 5.32 Å². The predicted molar refractivity (Wildman–Crippen MR) is 54.2 cm³/mol. The van der Waals surface area contributed by atoms with E-state index in [9.17, 15) is 9.00 Å². The molecule has 0 aliphatic heterocycles. The van der Waals surface area contributed by atoms with Crippen molar-refractivity contribution < 1.29 is 9.00 Å². The van der Waals surface area contributed by atoms with E-state index in [-0.39, 0.29) is 5.91 Å². The van der Waals surface area contributed by atoms with Crippen LogP contribution in [0.15, 0.2) is 29.2 Å². The quantitative estimate of drug-likeness (QED) is 0.574. The van der Waals surface area contributed by atoms with E-state index in [4.69, 9.17) is 0 Å². The minimum absolute atomic E-state index is 0.122. The van der Waals surface area contributed by atoms with Crippen molar-refractivity contribution in [3.05, 3.63) is 24.3 Å². The topological polar surface area (TPSA) is 46.2 Å². The molecule has 0 saturated carbocycles. The van der Waals surface area contributed by atoms with Gasteiger partial charge in [-0.25, -0.2) is 0 Å². The van der Waals surface area contributed by atoms with E-state index < -0.39 is 10.4 Å². The Labute approximate surface area is 78.8 Å². The average molecular weight is 196 g/mol. The standard InChI is InChI=1S/C9H10NO2S/c1-7(11)10-8-3-5-9(6-4-8)13(2)12/h3-6H,2H2,1H3,(H,10,11)/q-1. The molecule has 0 aliphatic carbocycles. The van der Waals surface area contributed by atoms with Crippen molar-refractivity contribution in [3.63, 3.8) is 0 Å². The van der Waals surface area contributed by atoms with Gasteiger partial charge in [-0.3, -0.25) is 15.2 Å². The molecule has 0 aliphatic rings. The minimum atomic E-state index is -1.21. The normalized spacial score (nSPS) is 10.0. The van der Waals surface area contributed by atoms with Gasteiger partial charge in [0, 0.05) is 12.6 Å². The van der Waals surface area contributed by atoms with Gasteiger partial charge in [-0.15, -0.1) is 4.90 Å². The SMILES string of the molecule is C=[S-](=O)c1ccc(NC(C)=O)cc1. The number of rotatable bonds is 2. The van der Waals surface area contributed by atoms with Crippen molar-refractivity contribution in [1.29, 1.82) is 0 Å². The number of carbonyl (C=O) groups excluding carboxylic acids is 1. The summed E-state index contributed by atoms with van der Waals surface area (Å²) in [5.74, 6) is 3.26. The third kappa shape index (κ3) is 2.91. The first-order valence-electron chi connectivity index (χ1n) is 3.68. The predicted octanol–water partition coefficient (Wildman–Crippen LogP) is 1.40. The molecule has 0 unspecified atom stereocenters. The molecule has 1 amide bonds. The minimum Gasteiger partial charge on any atom is -0.457 e. The molecule has 1 aromatic rings. The van der Waals surface area contributed by atoms with Crippen LogP contribution in [0.1, 0.15) is 6.92 Å². The maximum absolute atomic E-state index is 10.9. The van der Waals surface area contributed by atoms with E-state index >= 15 is 0 Å². The summed E-state index contributed by atoms with van der Waals surface area (Å²) in [6.45, 7) is 1.44. The Morgan fingerprint density at radius 2 is 1.92 bits per heavy atom. The number of hydrogen-bond donors (Lipinski definition) is 1. The van der Waals surface area contributed by atoms with Gasteiger partial charge in [0.2, 0.25) is 5.91 Å². The maximum atomic E-state index is 10.9. The molecule has 0 heterocycles. The molecule has 13 heavy (non-hydrogen) atoms. The van der Waals surface area contributed by atoms with Crippen LogP contribution in [-0.2, 0) is 19.4 Å². The smallest absolute Gasteiger partial charge is 0.221 e. The summed E-state index contributed by atoms with van der Waals surface area (Å²) in [7, 11) is -1.21. The third-order valence-electron chi connectivity index (χ3n) is 1.44. The Morgan fingerprint density at radius 1 is 1.38 bits per heavy atom. The Balaban J connectivity index is 2.87. The Morgan fingerprint density at radius 3 is 2.31 bits per heavy atom. The van der Waals surface area contributed by atoms with Gasteiger partial charge in [0.1, 0.15) is 0 Å². The summed E-state index contributed by atoms with van der Waals surface area (Å²) in [5.41, 5.74) is 0.696. The molecule has 0 aromatic heterocycles. The number of hydrogen-bond acceptors (Lipinski definition) is 3. The lowest BCUT2D eigenvalue weighted by atomic mass is 10.3. The Kier molecular flexibility index (Phi) is 3.08. The first kappa shape index (κ1) is 9.80. The van der Waals surface area contributed by atoms with Crippen molar-refractivity contribution >= 4 is 27.9 Å². The zero-order valence-corrected chi connectivity index (χ0v) is 8.06. The number of carbonyl (C=O) groups is 1. The highest BCUT2D eigenvalue weighted by Gasteiger charge is 1.92. The van der Waals surface area contributed by atoms with Gasteiger partial charge in [0.05, 0.1) is 0 Å². The van der Waals surface area contributed by atoms with Gasteiger partial charge in [-0.2, -0.15) is 5.87 Å². The molecule has 4 heteroatoms. The molecule has 0 bridgehead atoms. The van der Waals surface area contributed by atoms with E-state index in [0.717, 1.165) is 0 Å². The second kappa shape index (κ2) is 4.09. The van der Waals surface area contributed by atoms with Crippen molar-refractivity contribution in [2.24, 2.45) is 0 Å². The first-order chi connectivity index (χ1) is 6.09. The van der Waals surface area contributed by atoms with Crippen molar-refractivity contribution in [2.45, 2.75) is 11.8 Å². The monoisotopic (exact) mass is 196 g/mol. The molecular weight excluding hydrogens is 186 g/mol. The molecular formula is C9H10NO2S-. The molecule has 70 valence electrons. The van der Waals surface area contributed by atoms with E-state index in [1.807, 2.05) is 0 Å². The average Bonchev–Trinajstić information content (AvgIpc) is 2.04. The highest BCUT2D eigenvalue weighted by molar-refractivity contribution is 7.82. The van der Waals surface area contributed by atoms with Gasteiger partial charge in [-0.05, 0) is 12.1 Å². The van der Waals surface area contributed by atoms with Gasteiger partial charge < -0.3 is 9.53 Å². The van der Waals surface area contributed by atoms with E-state index in [2.05, 4.69) is 11.2 Å². The number of benzene rings is 1. The van der Waals surface area contributed by atoms with E-state index in [0.29, 0.717) is 10.6 Å². The van der Waals surface area contributed by atoms with Gasteiger partial charge in [0.25, 0.3) is 0 Å². The zero-order valence-electron chi connectivity index (χ0n) is 7.24. The fraction of sp³-hybridized carbons (Fsp3) is 0.111. The summed E-state index contributed by atoms with van der Waals surface area (Å²) in [4.78, 5) is 11.3. The first-order valence-corrected chi connectivity index (χ1v) is 5.00. The lowest BCUT2D eigenvalue weighted by Gasteiger charge is -2.05. The van der Waals surface area contributed by atoms with Crippen LogP contribution in [0.4, 0.5) is 5.69 Å². The highest BCUT2D eigenvalue weighted by Crippen LogP contribution is 2.09. The third-order valence-corrected chi connectivity index (χ3v) is 2.24. The summed E-state index contributed by atoms with van der Waals surface area (Å²) in [5, 5.41) is 2.61. The largest absolute Gasteiger partial charge is 0.457 e. The van der Waals surface area contributed by atoms with Crippen LogP contribution in [0.2, 0.25) is 0 Å². The molecule has 0 spiro atoms. The van der Waals surface area contributed by atoms with Crippen LogP contribution in [0.25, 0.3) is 0 Å². The maximum Gasteiger partial charge on any atom is 0.221 e. The molecule has 0 atom stereocenters. The number of anilines is 1. The Hall–Kier alpha value is -1.29. The van der Waals surface area contributed by atoms with Crippen LogP contribution in [0, 0.1) is 0 Å². The van der Waals surface area contributed by atoms with Gasteiger partial charge in [-0.1, -0.05) is 12.1 Å². The van der Waals surface area contributed by atoms with Crippen LogP contribution in [0.3, 0.4) is 0 Å². The highest BCUT2D eigenvalue weighted by atomic mass is 32.2. The van der Waals surface area contributed by atoms with Crippen LogP contribution in [-0.4, -0.2) is 11.8 Å². The van der Waals surface area contributed by atoms with E-state index in [1.165, 1.54) is 6.92 Å². The number of nitrogens with one attached hydrogen (secondary N) is 1. The summed E-state index contributed by atoms with van der Waals surface area (Å²) in [6.07, 6.45) is 0. The fourth-order valence-electron chi connectivity index (χ4n) is 0.893. The molecule has 1 rings (SSSR count). The van der Waals surface area contributed by atoms with Crippen LogP contribution < -0.4 is 5.32 Å². The zero-order chi connectivity index (χ0) is 9.84. The molecule has 0 fully saturated rings. The number of amides is 1. The van der Waals surface area contributed by atoms with Crippen molar-refractivity contribution in [3.8, 4) is 0 Å². The van der Waals surface area contributed by atoms with Gasteiger partial charge >= 0.3 is 0 Å². The molecule has 1 aromatic carbocycles.